The standard InChI is InChI=1S/C15H26N4O5.C2H4O/c1-18(2)11(5-3-4-9-16)15(23)17-10-8-14(22)24-19-12(20)6-7-13(19)21;1-2-3/h11H,3-10,16H2,1-2H3,(H,17,23);2H,1H3/i1+1,2+1,9+1,16+1;. The first-order valence-electron chi connectivity index (χ1n) is 8.89. The molecule has 1 fully saturated rings. The molecule has 1 aliphatic heterocycles. The normalized spacial score (nSPS) is 14.5. The summed E-state index contributed by atoms with van der Waals surface area (Å²) in [6, 6.07) is -0.297. The second-order valence-electron chi connectivity index (χ2n) is 6.09. The highest BCUT2D eigenvalue weighted by Gasteiger charge is 2.32. The quantitative estimate of drug-likeness (QED) is 0.165. The maximum Gasteiger partial charge on any atom is 0.334 e. The maximum atomic E-state index is 12.2. The van der Waals surface area contributed by atoms with Crippen molar-refractivity contribution < 1.29 is 28.8 Å². The predicted octanol–water partition coefficient (Wildman–Crippen LogP) is -0.636. The lowest BCUT2D eigenvalue weighted by Crippen LogP contribution is -2.44. The number of hydrogen-bond donors (Lipinski definition) is 2. The second kappa shape index (κ2) is 13.8. The van der Waals surface area contributed by atoms with Gasteiger partial charge in [-0.2, -0.15) is 0 Å². The molecule has 1 rings (SSSR count). The number of nitrogens with zero attached hydrogens (tertiary/aromatic N) is 2. The molecule has 27 heavy (non-hydrogen) atoms. The fourth-order valence-electron chi connectivity index (χ4n) is 2.32. The van der Waals surface area contributed by atoms with Crippen LogP contribution in [0.25, 0.3) is 0 Å². The molecule has 1 aliphatic rings. The van der Waals surface area contributed by atoms with Crippen LogP contribution in [0.15, 0.2) is 0 Å². The van der Waals surface area contributed by atoms with Crippen LogP contribution in [0.5, 0.6) is 0 Å². The predicted molar refractivity (Wildman–Crippen MR) is 96.9 cm³/mol. The Morgan fingerprint density at radius 1 is 1.26 bits per heavy atom. The average Bonchev–Trinajstić information content (AvgIpc) is 2.91. The third-order valence-corrected chi connectivity index (χ3v) is 3.68. The van der Waals surface area contributed by atoms with Crippen LogP contribution in [0.2, 0.25) is 0 Å². The molecule has 1 atom stereocenters. The number of nitrogens with one attached hydrogen (secondary N) is 1. The van der Waals surface area contributed by atoms with Crippen LogP contribution < -0.4 is 11.1 Å². The summed E-state index contributed by atoms with van der Waals surface area (Å²) in [5.74, 6) is -1.96. The Morgan fingerprint density at radius 3 is 2.30 bits per heavy atom. The third-order valence-electron chi connectivity index (χ3n) is 3.68. The number of imide groups is 1. The topological polar surface area (TPSA) is 139 Å². The van der Waals surface area contributed by atoms with Crippen molar-refractivity contribution in [3.63, 3.8) is 0 Å². The highest BCUT2D eigenvalue weighted by Crippen LogP contribution is 2.12. The van der Waals surface area contributed by atoms with Crippen LogP contribution in [0, 0.1) is 0 Å². The summed E-state index contributed by atoms with van der Waals surface area (Å²) in [6.45, 7) is 2.11. The average molecular weight is 390 g/mol. The number of nitrogens with two attached hydrogens (primary N) is 1. The molecular formula is C17H30N4O6. The van der Waals surface area contributed by atoms with E-state index in [0.29, 0.717) is 18.0 Å². The Labute approximate surface area is 159 Å². The van der Waals surface area contributed by atoms with Crippen molar-refractivity contribution in [1.29, 1.82) is 0 Å². The van der Waals surface area contributed by atoms with E-state index in [1.165, 1.54) is 6.92 Å². The minimum atomic E-state index is -0.733. The van der Waals surface area contributed by atoms with Gasteiger partial charge in [-0.15, -0.1) is 5.06 Å². The van der Waals surface area contributed by atoms with Crippen molar-refractivity contribution in [3.05, 3.63) is 0 Å². The van der Waals surface area contributed by atoms with Crippen LogP contribution in [0.4, 0.5) is 0 Å². The lowest BCUT2D eigenvalue weighted by atomic mass is 10.1. The molecule has 3 N–H and O–H groups in total. The lowest BCUT2D eigenvalue weighted by Gasteiger charge is -2.23. The molecule has 154 valence electrons. The zero-order chi connectivity index (χ0) is 20.8. The SMILES string of the molecule is CC=O.[13CH3]N([13CH3])C(CCC[13CH2][15NH2])C(=O)NCCC(=O)ON1C(=O)CCC1=O. The smallest absolute Gasteiger partial charge is 0.334 e. The van der Waals surface area contributed by atoms with Gasteiger partial charge in [-0.25, -0.2) is 4.79 Å². The minimum Gasteiger partial charge on any atom is -0.354 e. The molecule has 0 aromatic rings. The molecule has 1 heterocycles. The first-order chi connectivity index (χ1) is 12.8. The zero-order valence-corrected chi connectivity index (χ0v) is 16.2. The van der Waals surface area contributed by atoms with Gasteiger partial charge in [0.2, 0.25) is 5.91 Å². The molecule has 0 saturated carbocycles. The summed E-state index contributed by atoms with van der Waals surface area (Å²) in [5, 5.41) is 3.17. The number of carbonyl (C=O) groups is 5. The highest BCUT2D eigenvalue weighted by molar-refractivity contribution is 6.01. The van der Waals surface area contributed by atoms with Crippen LogP contribution in [-0.2, 0) is 28.8 Å². The van der Waals surface area contributed by atoms with E-state index in [1.54, 1.807) is 0 Å². The molecule has 0 spiro atoms. The molecule has 1 unspecified atom stereocenters. The number of hydroxylamine groups is 2. The summed E-state index contributed by atoms with van der Waals surface area (Å²) in [4.78, 5) is 61.8. The van der Waals surface area contributed by atoms with E-state index in [-0.39, 0.29) is 37.8 Å². The molecule has 1 saturated heterocycles. The van der Waals surface area contributed by atoms with Crippen molar-refractivity contribution in [3.8, 4) is 0 Å². The lowest BCUT2D eigenvalue weighted by molar-refractivity contribution is -0.197. The number of rotatable bonds is 10. The van der Waals surface area contributed by atoms with Crippen molar-refractivity contribution in [2.75, 3.05) is 27.2 Å². The first kappa shape index (κ1) is 24.7. The van der Waals surface area contributed by atoms with Crippen molar-refractivity contribution >= 4 is 30.0 Å². The minimum absolute atomic E-state index is 0.0517. The number of hydrogen-bond acceptors (Lipinski definition) is 8. The van der Waals surface area contributed by atoms with Gasteiger partial charge in [0, 0.05) is 19.4 Å². The number of aldehydes is 1. The first-order valence-corrected chi connectivity index (χ1v) is 8.89. The summed E-state index contributed by atoms with van der Waals surface area (Å²) in [7, 11) is 3.62. The molecule has 0 aliphatic carbocycles. The van der Waals surface area contributed by atoms with Crippen molar-refractivity contribution in [2.24, 2.45) is 5.73 Å². The molecule has 10 heteroatoms. The van der Waals surface area contributed by atoms with Gasteiger partial charge < -0.3 is 20.7 Å². The Hall–Kier alpha value is -2.33. The van der Waals surface area contributed by atoms with Gasteiger partial charge in [-0.3, -0.25) is 19.3 Å². The summed E-state index contributed by atoms with van der Waals surface area (Å²) >= 11 is 0. The van der Waals surface area contributed by atoms with Gasteiger partial charge in [0.1, 0.15) is 6.29 Å². The van der Waals surface area contributed by atoms with E-state index in [4.69, 9.17) is 15.4 Å². The van der Waals surface area contributed by atoms with Gasteiger partial charge in [0.05, 0.1) is 12.5 Å². The van der Waals surface area contributed by atoms with E-state index >= 15 is 0 Å². The number of carbonyl (C=O) groups excluding carboxylic acids is 5. The van der Waals surface area contributed by atoms with Crippen LogP contribution in [0.1, 0.15) is 45.4 Å². The Kier molecular flexibility index (Phi) is 12.6. The summed E-state index contributed by atoms with van der Waals surface area (Å²) < 4.78 is 0. The third kappa shape index (κ3) is 9.80. The van der Waals surface area contributed by atoms with Gasteiger partial charge in [-0.1, -0.05) is 6.42 Å². The van der Waals surface area contributed by atoms with Crippen LogP contribution in [0.3, 0.4) is 0 Å². The second-order valence-corrected chi connectivity index (χ2v) is 6.09. The van der Waals surface area contributed by atoms with Gasteiger partial charge in [-0.05, 0) is 40.4 Å². The van der Waals surface area contributed by atoms with Gasteiger partial charge in [0.25, 0.3) is 11.8 Å². The Balaban J connectivity index is 0.00000210. The molecule has 0 aromatic carbocycles. The van der Waals surface area contributed by atoms with Crippen molar-refractivity contribution in [2.45, 2.75) is 51.5 Å². The summed E-state index contributed by atoms with van der Waals surface area (Å²) in [5.41, 5.74) is 5.45. The van der Waals surface area contributed by atoms with Crippen LogP contribution >= 0.6 is 0 Å². The molecule has 3 amide bonds. The monoisotopic (exact) mass is 390 g/mol. The van der Waals surface area contributed by atoms with Crippen molar-refractivity contribution in [1.82, 2.24) is 15.3 Å². The van der Waals surface area contributed by atoms with E-state index in [0.717, 1.165) is 19.1 Å². The van der Waals surface area contributed by atoms with E-state index in [9.17, 15) is 19.2 Å². The fourth-order valence-corrected chi connectivity index (χ4v) is 2.32. The highest BCUT2D eigenvalue weighted by atomic mass is 16.7. The van der Waals surface area contributed by atoms with Gasteiger partial charge in [0.15, 0.2) is 0 Å². The van der Waals surface area contributed by atoms with E-state index in [1.807, 2.05) is 19.0 Å². The Bertz CT molecular complexity index is 508. The molecule has 0 aromatic heterocycles. The molecular weight excluding hydrogens is 360 g/mol. The Morgan fingerprint density at radius 2 is 1.81 bits per heavy atom. The number of unbranched alkanes of at least 4 members (excludes halogenated alkanes) is 1. The van der Waals surface area contributed by atoms with Gasteiger partial charge >= 0.3 is 5.97 Å². The molecule has 0 bridgehead atoms. The zero-order valence-electron chi connectivity index (χ0n) is 16.2. The van der Waals surface area contributed by atoms with Crippen LogP contribution in [-0.4, -0.2) is 73.2 Å². The number of likely N-dealkylation sites (N-methyl/N-ethyl adjacent to an activating group) is 1. The summed E-state index contributed by atoms with van der Waals surface area (Å²) in [6.07, 6.45) is 3.10. The van der Waals surface area contributed by atoms with E-state index in [2.05, 4.69) is 5.32 Å². The van der Waals surface area contributed by atoms with E-state index < -0.39 is 17.8 Å². The molecule has 10 nitrogen and oxygen atoms in total. The maximum absolute atomic E-state index is 12.2. The molecule has 0 radical (unpaired) electrons. The fraction of sp³-hybridized carbons (Fsp3) is 0.706. The number of amides is 3. The largest absolute Gasteiger partial charge is 0.354 e.